The van der Waals surface area contributed by atoms with Crippen molar-refractivity contribution in [3.63, 3.8) is 0 Å². The van der Waals surface area contributed by atoms with Gasteiger partial charge in [-0.05, 0) is 49.2 Å². The molecule has 0 aliphatic carbocycles. The molecule has 14 heteroatoms. The lowest BCUT2D eigenvalue weighted by atomic mass is 9.97. The van der Waals surface area contributed by atoms with E-state index in [-0.39, 0.29) is 23.0 Å². The van der Waals surface area contributed by atoms with Gasteiger partial charge in [-0.3, -0.25) is 10.2 Å². The number of nitrogens with two attached hydrogens (primary N) is 1. The van der Waals surface area contributed by atoms with Crippen LogP contribution in [0.15, 0.2) is 36.4 Å². The molecule has 1 fully saturated rings. The van der Waals surface area contributed by atoms with Gasteiger partial charge in [0, 0.05) is 18.7 Å². The first kappa shape index (κ1) is 26.9. The van der Waals surface area contributed by atoms with Crippen molar-refractivity contribution in [3.05, 3.63) is 47.5 Å². The Morgan fingerprint density at radius 1 is 1.05 bits per heavy atom. The normalized spacial score (nSPS) is 14.3. The van der Waals surface area contributed by atoms with E-state index in [1.807, 2.05) is 4.90 Å². The van der Waals surface area contributed by atoms with E-state index in [0.29, 0.717) is 36.1 Å². The third-order valence-electron chi connectivity index (χ3n) is 5.80. The molecular formula is C24H21F3N4O6S. The van der Waals surface area contributed by atoms with Crippen molar-refractivity contribution in [3.8, 4) is 11.5 Å². The summed E-state index contributed by atoms with van der Waals surface area (Å²) in [4.78, 5) is 42.6. The highest BCUT2D eigenvalue weighted by atomic mass is 32.1. The van der Waals surface area contributed by atoms with Crippen molar-refractivity contribution in [2.45, 2.75) is 19.0 Å². The molecule has 3 aromatic rings. The number of nitrogen functional groups attached to an aromatic ring is 1. The van der Waals surface area contributed by atoms with Crippen LogP contribution >= 0.6 is 11.3 Å². The average Bonchev–Trinajstić information content (AvgIpc) is 3.32. The Kier molecular flexibility index (Phi) is 7.53. The van der Waals surface area contributed by atoms with E-state index in [2.05, 4.69) is 9.72 Å². The molecule has 0 radical (unpaired) electrons. The number of carbonyl (C=O) groups is 3. The van der Waals surface area contributed by atoms with Crippen molar-refractivity contribution in [2.24, 2.45) is 11.7 Å². The molecule has 4 rings (SSSR count). The Morgan fingerprint density at radius 2 is 1.74 bits per heavy atom. The summed E-state index contributed by atoms with van der Waals surface area (Å²) in [5.41, 5.74) is 6.03. The summed E-state index contributed by atoms with van der Waals surface area (Å²) in [5, 5.41) is 8.17. The van der Waals surface area contributed by atoms with Crippen molar-refractivity contribution >= 4 is 50.4 Å². The second-order valence-electron chi connectivity index (χ2n) is 8.32. The molecule has 1 aliphatic heterocycles. The largest absolute Gasteiger partial charge is 0.491 e. The van der Waals surface area contributed by atoms with Crippen molar-refractivity contribution < 1.29 is 41.8 Å². The molecule has 10 nitrogen and oxygen atoms in total. The summed E-state index contributed by atoms with van der Waals surface area (Å²) in [5.74, 6) is -5.50. The van der Waals surface area contributed by atoms with Crippen LogP contribution in [0.2, 0.25) is 0 Å². The van der Waals surface area contributed by atoms with Gasteiger partial charge in [0.25, 0.3) is 0 Å². The molecule has 3 N–H and O–H groups in total. The number of alkyl halides is 3. The third-order valence-corrected chi connectivity index (χ3v) is 6.88. The van der Waals surface area contributed by atoms with Gasteiger partial charge < -0.3 is 24.8 Å². The second-order valence-corrected chi connectivity index (χ2v) is 9.32. The Morgan fingerprint density at radius 3 is 2.37 bits per heavy atom. The number of anilines is 1. The maximum absolute atomic E-state index is 12.8. The SMILES string of the molecule is COC(=O)C1CCN(c2nc3ccc(C(=O)Oc4ccc(C(=N)N)cc4OC(=O)C(F)(F)F)cc3s2)CC1. The number of amidine groups is 1. The monoisotopic (exact) mass is 550 g/mol. The number of methoxy groups -OCH3 is 1. The van der Waals surface area contributed by atoms with Gasteiger partial charge in [-0.1, -0.05) is 11.3 Å². The summed E-state index contributed by atoms with van der Waals surface area (Å²) >= 11 is 1.34. The number of nitrogens with zero attached hydrogens (tertiary/aromatic N) is 2. The molecule has 2 heterocycles. The van der Waals surface area contributed by atoms with Crippen LogP contribution in [-0.2, 0) is 14.3 Å². The van der Waals surface area contributed by atoms with Gasteiger partial charge >= 0.3 is 24.1 Å². The molecule has 0 spiro atoms. The minimum absolute atomic E-state index is 0.0380. The van der Waals surface area contributed by atoms with E-state index >= 15 is 0 Å². The molecule has 2 aromatic carbocycles. The number of benzene rings is 2. The van der Waals surface area contributed by atoms with Crippen LogP contribution in [-0.4, -0.2) is 55.1 Å². The van der Waals surface area contributed by atoms with Gasteiger partial charge in [0.1, 0.15) is 5.84 Å². The van der Waals surface area contributed by atoms with E-state index < -0.39 is 35.4 Å². The van der Waals surface area contributed by atoms with Crippen LogP contribution in [0.25, 0.3) is 10.2 Å². The summed E-state index contributed by atoms with van der Waals surface area (Å²) in [6.45, 7) is 1.23. The Bertz CT molecular complexity index is 1420. The zero-order valence-electron chi connectivity index (χ0n) is 19.8. The zero-order valence-corrected chi connectivity index (χ0v) is 20.6. The third kappa shape index (κ3) is 5.85. The number of nitrogens with one attached hydrogen (secondary N) is 1. The fourth-order valence-electron chi connectivity index (χ4n) is 3.80. The van der Waals surface area contributed by atoms with Gasteiger partial charge in [0.15, 0.2) is 16.6 Å². The molecule has 0 bridgehead atoms. The van der Waals surface area contributed by atoms with Crippen LogP contribution in [0.5, 0.6) is 11.5 Å². The highest BCUT2D eigenvalue weighted by Gasteiger charge is 2.42. The molecular weight excluding hydrogens is 529 g/mol. The first-order valence-electron chi connectivity index (χ1n) is 11.2. The van der Waals surface area contributed by atoms with E-state index in [0.717, 1.165) is 17.3 Å². The number of carbonyl (C=O) groups excluding carboxylic acids is 3. The lowest BCUT2D eigenvalue weighted by molar-refractivity contribution is -0.189. The number of fused-ring (bicyclic) bond motifs is 1. The van der Waals surface area contributed by atoms with E-state index in [1.54, 1.807) is 6.07 Å². The summed E-state index contributed by atoms with van der Waals surface area (Å²) in [6, 6.07) is 7.80. The highest BCUT2D eigenvalue weighted by Crippen LogP contribution is 2.34. The number of hydrogen-bond donors (Lipinski definition) is 2. The van der Waals surface area contributed by atoms with E-state index in [9.17, 15) is 27.6 Å². The van der Waals surface area contributed by atoms with Gasteiger partial charge in [0.2, 0.25) is 0 Å². The van der Waals surface area contributed by atoms with E-state index in [4.69, 9.17) is 20.6 Å². The Balaban J connectivity index is 1.52. The fraction of sp³-hybridized carbons (Fsp3) is 0.292. The van der Waals surface area contributed by atoms with Crippen LogP contribution in [0, 0.1) is 11.3 Å². The molecule has 200 valence electrons. The maximum Gasteiger partial charge on any atom is 0.491 e. The van der Waals surface area contributed by atoms with Gasteiger partial charge in [-0.25, -0.2) is 14.6 Å². The fourth-order valence-corrected chi connectivity index (χ4v) is 4.86. The number of esters is 3. The zero-order chi connectivity index (χ0) is 27.6. The predicted octanol–water partition coefficient (Wildman–Crippen LogP) is 3.66. The first-order chi connectivity index (χ1) is 18.0. The van der Waals surface area contributed by atoms with Crippen molar-refractivity contribution in [1.82, 2.24) is 4.98 Å². The quantitative estimate of drug-likeness (QED) is 0.203. The number of aromatic nitrogens is 1. The van der Waals surface area contributed by atoms with Crippen LogP contribution < -0.4 is 20.1 Å². The van der Waals surface area contributed by atoms with Crippen LogP contribution in [0.4, 0.5) is 18.3 Å². The topological polar surface area (TPSA) is 145 Å². The summed E-state index contributed by atoms with van der Waals surface area (Å²) in [7, 11) is 1.36. The van der Waals surface area contributed by atoms with Gasteiger partial charge in [0.05, 0.1) is 28.8 Å². The lowest BCUT2D eigenvalue weighted by Crippen LogP contribution is -2.36. The van der Waals surface area contributed by atoms with Crippen molar-refractivity contribution in [1.29, 1.82) is 5.41 Å². The van der Waals surface area contributed by atoms with Crippen LogP contribution in [0.1, 0.15) is 28.8 Å². The van der Waals surface area contributed by atoms with Crippen LogP contribution in [0.3, 0.4) is 0 Å². The van der Waals surface area contributed by atoms with E-state index in [1.165, 1.54) is 36.6 Å². The minimum Gasteiger partial charge on any atom is -0.469 e. The summed E-state index contributed by atoms with van der Waals surface area (Å²) in [6.07, 6.45) is -4.04. The standard InChI is InChI=1S/C24H21F3N4O6S/c1-35-20(32)12-6-8-31(9-7-12)23-30-15-4-2-14(11-18(15)38-23)21(33)36-16-5-3-13(19(28)29)10-17(16)37-22(34)24(25,26)27/h2-5,10-12H,6-9H2,1H3,(H3,28,29). The number of piperidine rings is 1. The Labute approximate surface area is 217 Å². The molecule has 38 heavy (non-hydrogen) atoms. The average molecular weight is 551 g/mol. The maximum atomic E-state index is 12.8. The molecule has 1 saturated heterocycles. The van der Waals surface area contributed by atoms with Gasteiger partial charge in [-0.2, -0.15) is 13.2 Å². The number of hydrogen-bond acceptors (Lipinski definition) is 10. The molecule has 0 amide bonds. The first-order valence-corrected chi connectivity index (χ1v) is 12.0. The predicted molar refractivity (Wildman–Crippen MR) is 131 cm³/mol. The number of rotatable bonds is 6. The Hall–Kier alpha value is -4.20. The molecule has 1 aromatic heterocycles. The lowest BCUT2D eigenvalue weighted by Gasteiger charge is -2.30. The van der Waals surface area contributed by atoms with Crippen molar-refractivity contribution in [2.75, 3.05) is 25.1 Å². The molecule has 0 saturated carbocycles. The number of ether oxygens (including phenoxy) is 3. The smallest absolute Gasteiger partial charge is 0.469 e. The van der Waals surface area contributed by atoms with Gasteiger partial charge in [-0.15, -0.1) is 0 Å². The minimum atomic E-state index is -5.29. The molecule has 1 aliphatic rings. The second kappa shape index (κ2) is 10.7. The number of halogens is 3. The highest BCUT2D eigenvalue weighted by molar-refractivity contribution is 7.22. The molecule has 0 atom stereocenters. The summed E-state index contributed by atoms with van der Waals surface area (Å²) < 4.78 is 53.3. The number of thiazole rings is 1. The molecule has 0 unspecified atom stereocenters.